The lowest BCUT2D eigenvalue weighted by molar-refractivity contribution is 0.0467. The third-order valence-corrected chi connectivity index (χ3v) is 7.55. The number of ether oxygens (including phenoxy) is 2. The minimum absolute atomic E-state index is 0.0454. The lowest BCUT2D eigenvalue weighted by Gasteiger charge is -2.15. The summed E-state index contributed by atoms with van der Waals surface area (Å²) in [7, 11) is 0. The Bertz CT molecular complexity index is 1640. The molecule has 2 aliphatic rings. The van der Waals surface area contributed by atoms with E-state index in [1.165, 1.54) is 0 Å². The van der Waals surface area contributed by atoms with Crippen LogP contribution in [0.15, 0.2) is 51.7 Å². The third-order valence-electron chi connectivity index (χ3n) is 6.72. The molecule has 1 aromatic carbocycles. The Labute approximate surface area is 244 Å². The number of benzene rings is 1. The molecule has 1 aliphatic heterocycles. The van der Waals surface area contributed by atoms with Gasteiger partial charge in [-0.25, -0.2) is 19.7 Å². The highest BCUT2D eigenvalue weighted by molar-refractivity contribution is 9.10. The minimum Gasteiger partial charge on any atom is -0.472 e. The maximum Gasteiger partial charge on any atom is 0.359 e. The number of rotatable bonds is 11. The number of carbonyl (C=O) groups excluding carboxylic acids is 2. The van der Waals surface area contributed by atoms with Crippen molar-refractivity contribution in [1.29, 1.82) is 0 Å². The summed E-state index contributed by atoms with van der Waals surface area (Å²) >= 11 is 3.82. The largest absolute Gasteiger partial charge is 0.472 e. The number of nitrogens with one attached hydrogen (secondary N) is 1. The number of hydrogen-bond donors (Lipinski definition) is 1. The summed E-state index contributed by atoms with van der Waals surface area (Å²) < 4.78 is 18.8. The second-order valence-corrected chi connectivity index (χ2v) is 10.00. The van der Waals surface area contributed by atoms with Gasteiger partial charge in [-0.2, -0.15) is 0 Å². The van der Waals surface area contributed by atoms with Gasteiger partial charge in [0.15, 0.2) is 17.2 Å². The van der Waals surface area contributed by atoms with Gasteiger partial charge in [0.1, 0.15) is 5.82 Å². The number of H-pyrrole nitrogens is 1. The number of aromatic nitrogens is 6. The maximum atomic E-state index is 13.4. The molecule has 0 fully saturated rings. The first kappa shape index (κ1) is 28.2. The summed E-state index contributed by atoms with van der Waals surface area (Å²) in [6.07, 6.45) is 5.57. The second-order valence-electron chi connectivity index (χ2n) is 9.20. The van der Waals surface area contributed by atoms with Crippen LogP contribution < -0.4 is 0 Å². The van der Waals surface area contributed by atoms with E-state index >= 15 is 0 Å². The number of unbranched alkanes of at least 4 members (excludes halogenated alkanes) is 1. The highest BCUT2D eigenvalue weighted by atomic mass is 79.9. The topological polar surface area (TPSA) is 138 Å². The van der Waals surface area contributed by atoms with Crippen LogP contribution in [0.5, 0.6) is 0 Å². The fourth-order valence-electron chi connectivity index (χ4n) is 4.93. The normalized spacial score (nSPS) is 11.2. The predicted molar refractivity (Wildman–Crippen MR) is 153 cm³/mol. The van der Waals surface area contributed by atoms with Crippen LogP contribution in [0.4, 0.5) is 0 Å². The smallest absolute Gasteiger partial charge is 0.359 e. The number of hydrogen-bond acceptors (Lipinski definition) is 9. The van der Waals surface area contributed by atoms with Gasteiger partial charge in [0.2, 0.25) is 0 Å². The number of aryl methyl sites for hydroxylation is 1. The van der Waals surface area contributed by atoms with E-state index in [2.05, 4.69) is 48.5 Å². The van der Waals surface area contributed by atoms with Crippen molar-refractivity contribution in [2.45, 2.75) is 46.6 Å². The molecule has 5 rings (SSSR count). The highest BCUT2D eigenvalue weighted by Gasteiger charge is 2.32. The molecule has 12 heteroatoms. The Morgan fingerprint density at radius 3 is 2.46 bits per heavy atom. The summed E-state index contributed by atoms with van der Waals surface area (Å²) in [6, 6.07) is 9.66. The molecule has 0 saturated heterocycles. The van der Waals surface area contributed by atoms with E-state index in [0.29, 0.717) is 18.1 Å². The van der Waals surface area contributed by atoms with Crippen LogP contribution in [0.3, 0.4) is 0 Å². The molecule has 0 unspecified atom stereocenters. The van der Waals surface area contributed by atoms with Crippen molar-refractivity contribution in [3.05, 3.63) is 70.1 Å². The number of esters is 2. The van der Waals surface area contributed by atoms with Gasteiger partial charge in [-0.05, 0) is 69.4 Å². The molecular weight excluding hydrogens is 592 g/mol. The molecule has 0 radical (unpaired) electrons. The van der Waals surface area contributed by atoms with Gasteiger partial charge in [-0.3, -0.25) is 0 Å². The summed E-state index contributed by atoms with van der Waals surface area (Å²) in [6.45, 7) is 6.03. The first-order chi connectivity index (χ1) is 20.0. The molecule has 41 heavy (non-hydrogen) atoms. The van der Waals surface area contributed by atoms with Crippen LogP contribution >= 0.6 is 15.9 Å². The molecular formula is C29H29BrN6O5. The molecule has 2 aromatic heterocycles. The van der Waals surface area contributed by atoms with Gasteiger partial charge in [0.05, 0.1) is 32.3 Å². The third kappa shape index (κ3) is 5.39. The molecule has 3 aromatic rings. The van der Waals surface area contributed by atoms with Crippen LogP contribution in [-0.2, 0) is 22.4 Å². The first-order valence-corrected chi connectivity index (χ1v) is 14.2. The van der Waals surface area contributed by atoms with E-state index < -0.39 is 11.9 Å². The summed E-state index contributed by atoms with van der Waals surface area (Å²) in [5.74, 6) is -0.188. The van der Waals surface area contributed by atoms with Crippen LogP contribution in [-0.4, -0.2) is 55.3 Å². The van der Waals surface area contributed by atoms with Crippen molar-refractivity contribution < 1.29 is 23.5 Å². The Hall–Kier alpha value is -4.32. The quantitative estimate of drug-likeness (QED) is 0.178. The average Bonchev–Trinajstić information content (AvgIpc) is 3.70. The number of halogens is 1. The molecule has 1 aliphatic carbocycles. The molecule has 0 bridgehead atoms. The van der Waals surface area contributed by atoms with E-state index in [4.69, 9.17) is 13.9 Å². The highest BCUT2D eigenvalue weighted by Crippen LogP contribution is 2.48. The van der Waals surface area contributed by atoms with Crippen LogP contribution in [0.25, 0.3) is 33.6 Å². The van der Waals surface area contributed by atoms with Gasteiger partial charge < -0.3 is 18.5 Å². The average molecular weight is 621 g/mol. The number of fused-ring (bicyclic) bond motifs is 1. The molecule has 0 atom stereocenters. The van der Waals surface area contributed by atoms with E-state index in [0.717, 1.165) is 50.7 Å². The van der Waals surface area contributed by atoms with Crippen LogP contribution in [0, 0.1) is 0 Å². The van der Waals surface area contributed by atoms with Crippen molar-refractivity contribution in [3.8, 4) is 33.6 Å². The van der Waals surface area contributed by atoms with Gasteiger partial charge >= 0.3 is 11.9 Å². The zero-order valence-electron chi connectivity index (χ0n) is 22.9. The van der Waals surface area contributed by atoms with Gasteiger partial charge in [0.25, 0.3) is 0 Å². The molecule has 0 amide bonds. The molecule has 3 heterocycles. The molecule has 0 saturated carbocycles. The summed E-state index contributed by atoms with van der Waals surface area (Å²) in [4.78, 5) is 31.0. The van der Waals surface area contributed by atoms with Crippen LogP contribution in [0.2, 0.25) is 0 Å². The molecule has 11 nitrogen and oxygen atoms in total. The van der Waals surface area contributed by atoms with Crippen molar-refractivity contribution in [1.82, 2.24) is 30.2 Å². The van der Waals surface area contributed by atoms with Crippen molar-refractivity contribution in [2.24, 2.45) is 0 Å². The molecule has 0 spiro atoms. The number of nitrogens with zero attached hydrogens (tertiary/aromatic N) is 5. The van der Waals surface area contributed by atoms with Crippen molar-refractivity contribution in [3.63, 3.8) is 0 Å². The number of carbonyl (C=O) groups is 2. The Morgan fingerprint density at radius 1 is 1.00 bits per heavy atom. The van der Waals surface area contributed by atoms with Gasteiger partial charge in [-0.1, -0.05) is 37.6 Å². The maximum absolute atomic E-state index is 13.4. The van der Waals surface area contributed by atoms with Crippen molar-refractivity contribution >= 4 is 27.9 Å². The van der Waals surface area contributed by atoms with E-state index in [1.54, 1.807) is 30.9 Å². The fraction of sp³-hybridized carbons (Fsp3) is 0.310. The van der Waals surface area contributed by atoms with E-state index in [9.17, 15) is 9.59 Å². The minimum atomic E-state index is -0.664. The van der Waals surface area contributed by atoms with E-state index in [-0.39, 0.29) is 31.1 Å². The lowest BCUT2D eigenvalue weighted by Crippen LogP contribution is -2.19. The first-order valence-electron chi connectivity index (χ1n) is 13.4. The Balaban J connectivity index is 1.77. The monoisotopic (exact) mass is 620 g/mol. The van der Waals surface area contributed by atoms with Gasteiger partial charge in [0, 0.05) is 27.6 Å². The summed E-state index contributed by atoms with van der Waals surface area (Å²) in [5.41, 5.74) is 5.20. The number of aromatic amines is 1. The van der Waals surface area contributed by atoms with Crippen molar-refractivity contribution in [2.75, 3.05) is 13.2 Å². The SMILES string of the molecule is CCCCc1nc(C(=O)OCC)c(C(=O)OCC)n1Cc1c2ccocc-2c(Br)c1-c1ccccc1-c1nnn[nH]1. The second kappa shape index (κ2) is 12.5. The lowest BCUT2D eigenvalue weighted by atomic mass is 9.97. The van der Waals surface area contributed by atoms with E-state index in [1.807, 2.05) is 30.3 Å². The van der Waals surface area contributed by atoms with Crippen LogP contribution in [0.1, 0.15) is 66.0 Å². The van der Waals surface area contributed by atoms with Gasteiger partial charge in [-0.15, -0.1) is 5.10 Å². The number of tetrazole rings is 1. The zero-order chi connectivity index (χ0) is 28.9. The standard InChI is InChI=1S/C29H29BrN6O5/c1-4-7-12-22-31-25(28(37)40-5-2)26(29(38)41-6-3)36(22)15-20-17-13-14-39-16-21(17)24(30)23(20)18-10-8-9-11-19(18)27-32-34-35-33-27/h8-11,13-14,16H,4-7,12,15H2,1-3H3,(H,32,33,34,35). The molecule has 1 N–H and O–H groups in total. The fourth-order valence-corrected chi connectivity index (χ4v) is 5.69. The Morgan fingerprint density at radius 2 is 1.76 bits per heavy atom. The predicted octanol–water partition coefficient (Wildman–Crippen LogP) is 5.93. The zero-order valence-corrected chi connectivity index (χ0v) is 24.5. The number of imidazole rings is 1. The molecule has 212 valence electrons. The summed E-state index contributed by atoms with van der Waals surface area (Å²) in [5, 5.41) is 14.5. The Kier molecular flexibility index (Phi) is 8.58.